The molecule has 0 radical (unpaired) electrons. The van der Waals surface area contributed by atoms with Crippen molar-refractivity contribution in [2.24, 2.45) is 0 Å². The van der Waals surface area contributed by atoms with Crippen LogP contribution in [0.1, 0.15) is 36.1 Å². The fourth-order valence-corrected chi connectivity index (χ4v) is 4.32. The molecule has 1 aromatic heterocycles. The molecule has 1 heterocycles. The highest BCUT2D eigenvalue weighted by atomic mass is 32.1. The first-order valence-corrected chi connectivity index (χ1v) is 9.22. The van der Waals surface area contributed by atoms with Crippen molar-refractivity contribution >= 4 is 23.2 Å². The zero-order valence-electron chi connectivity index (χ0n) is 13.6. The fraction of sp³-hybridized carbons (Fsp3) is 0.368. The van der Waals surface area contributed by atoms with E-state index in [1.807, 2.05) is 30.3 Å². The smallest absolute Gasteiger partial charge is 0.309 e. The van der Waals surface area contributed by atoms with E-state index in [-0.39, 0.29) is 5.41 Å². The number of amides is 2. The number of thiophene rings is 1. The van der Waals surface area contributed by atoms with E-state index >= 15 is 0 Å². The molecule has 0 aliphatic heterocycles. The highest BCUT2D eigenvalue weighted by Gasteiger charge is 2.37. The average molecular weight is 342 g/mol. The molecule has 2 aromatic rings. The Balaban J connectivity index is 1.53. The van der Waals surface area contributed by atoms with E-state index in [9.17, 15) is 9.59 Å². The molecular weight excluding hydrogens is 320 g/mol. The van der Waals surface area contributed by atoms with Gasteiger partial charge in [-0.25, -0.2) is 0 Å². The molecule has 2 N–H and O–H groups in total. The number of hydrogen-bond donors (Lipinski definition) is 2. The van der Waals surface area contributed by atoms with Gasteiger partial charge in [0, 0.05) is 23.4 Å². The monoisotopic (exact) mass is 342 g/mol. The second-order valence-corrected chi connectivity index (χ2v) is 7.26. The quantitative estimate of drug-likeness (QED) is 0.821. The van der Waals surface area contributed by atoms with Crippen molar-refractivity contribution in [3.05, 3.63) is 58.3 Å². The van der Waals surface area contributed by atoms with Gasteiger partial charge in [-0.1, -0.05) is 49.2 Å². The lowest BCUT2D eigenvalue weighted by Crippen LogP contribution is -2.45. The summed E-state index contributed by atoms with van der Waals surface area (Å²) < 4.78 is 0. The van der Waals surface area contributed by atoms with Crippen molar-refractivity contribution in [3.63, 3.8) is 0 Å². The van der Waals surface area contributed by atoms with Crippen LogP contribution in [0.25, 0.3) is 0 Å². The average Bonchev–Trinajstić information content (AvgIpc) is 3.30. The van der Waals surface area contributed by atoms with Crippen LogP contribution in [-0.2, 0) is 21.5 Å². The van der Waals surface area contributed by atoms with Crippen molar-refractivity contribution in [3.8, 4) is 0 Å². The molecule has 1 aliphatic rings. The molecular formula is C19H22N2O2S. The Bertz CT molecular complexity index is 677. The van der Waals surface area contributed by atoms with Gasteiger partial charge in [0.25, 0.3) is 0 Å². The van der Waals surface area contributed by atoms with Gasteiger partial charge < -0.3 is 10.6 Å². The van der Waals surface area contributed by atoms with Crippen LogP contribution in [0.3, 0.4) is 0 Å². The Morgan fingerprint density at radius 1 is 0.958 bits per heavy atom. The summed E-state index contributed by atoms with van der Waals surface area (Å²) >= 11 is 1.73. The van der Waals surface area contributed by atoms with Gasteiger partial charge in [-0.05, 0) is 29.9 Å². The molecule has 5 heteroatoms. The van der Waals surface area contributed by atoms with Gasteiger partial charge in [0.1, 0.15) is 0 Å². The Morgan fingerprint density at radius 3 is 2.33 bits per heavy atom. The highest BCUT2D eigenvalue weighted by molar-refractivity contribution is 7.10. The van der Waals surface area contributed by atoms with Crippen molar-refractivity contribution < 1.29 is 9.59 Å². The van der Waals surface area contributed by atoms with Crippen LogP contribution in [0.4, 0.5) is 0 Å². The zero-order valence-corrected chi connectivity index (χ0v) is 14.4. The SMILES string of the molecule is O=C(NCc1ccccc1)C(=O)NCC1(c2cccs2)CCCC1. The maximum Gasteiger partial charge on any atom is 0.309 e. The third-order valence-electron chi connectivity index (χ3n) is 4.69. The van der Waals surface area contributed by atoms with Gasteiger partial charge in [-0.15, -0.1) is 11.3 Å². The first-order chi connectivity index (χ1) is 11.7. The highest BCUT2D eigenvalue weighted by Crippen LogP contribution is 2.42. The van der Waals surface area contributed by atoms with Crippen LogP contribution >= 0.6 is 11.3 Å². The molecule has 1 aromatic carbocycles. The predicted octanol–water partition coefficient (Wildman–Crippen LogP) is 2.99. The fourth-order valence-electron chi connectivity index (χ4n) is 3.33. The van der Waals surface area contributed by atoms with E-state index in [0.29, 0.717) is 13.1 Å². The molecule has 0 bridgehead atoms. The Morgan fingerprint density at radius 2 is 1.67 bits per heavy atom. The minimum absolute atomic E-state index is 0.00351. The summed E-state index contributed by atoms with van der Waals surface area (Å²) in [5, 5.41) is 7.59. The molecule has 0 saturated heterocycles. The molecule has 2 amide bonds. The Kier molecular flexibility index (Phi) is 5.30. The molecule has 24 heavy (non-hydrogen) atoms. The number of carbonyl (C=O) groups is 2. The van der Waals surface area contributed by atoms with Gasteiger partial charge in [-0.3, -0.25) is 9.59 Å². The van der Waals surface area contributed by atoms with Crippen molar-refractivity contribution in [2.75, 3.05) is 6.54 Å². The summed E-state index contributed by atoms with van der Waals surface area (Å²) in [4.78, 5) is 25.4. The normalized spacial score (nSPS) is 15.8. The summed E-state index contributed by atoms with van der Waals surface area (Å²) in [5.41, 5.74) is 0.980. The maximum atomic E-state index is 12.1. The standard InChI is InChI=1S/C19H22N2O2S/c22-17(20-13-15-7-2-1-3-8-15)18(23)21-14-19(10-4-5-11-19)16-9-6-12-24-16/h1-3,6-9,12H,4-5,10-11,13-14H2,(H,20,22)(H,21,23). The van der Waals surface area contributed by atoms with Gasteiger partial charge in [0.05, 0.1) is 0 Å². The van der Waals surface area contributed by atoms with Crippen LogP contribution < -0.4 is 10.6 Å². The number of hydrogen-bond acceptors (Lipinski definition) is 3. The topological polar surface area (TPSA) is 58.2 Å². The van der Waals surface area contributed by atoms with Gasteiger partial charge in [0.15, 0.2) is 0 Å². The lowest BCUT2D eigenvalue weighted by molar-refractivity contribution is -0.139. The number of benzene rings is 1. The molecule has 3 rings (SSSR count). The summed E-state index contributed by atoms with van der Waals surface area (Å²) in [6, 6.07) is 13.8. The summed E-state index contributed by atoms with van der Waals surface area (Å²) in [5.74, 6) is -1.12. The largest absolute Gasteiger partial charge is 0.347 e. The Labute approximate surface area is 146 Å². The van der Waals surface area contributed by atoms with E-state index in [4.69, 9.17) is 0 Å². The van der Waals surface area contributed by atoms with Gasteiger partial charge in [-0.2, -0.15) is 0 Å². The van der Waals surface area contributed by atoms with Crippen LogP contribution in [0.2, 0.25) is 0 Å². The summed E-state index contributed by atoms with van der Waals surface area (Å²) in [7, 11) is 0. The maximum absolute atomic E-state index is 12.1. The molecule has 126 valence electrons. The van der Waals surface area contributed by atoms with E-state index in [0.717, 1.165) is 18.4 Å². The lowest BCUT2D eigenvalue weighted by atomic mass is 9.84. The first kappa shape index (κ1) is 16.7. The van der Waals surface area contributed by atoms with Crippen LogP contribution in [0, 0.1) is 0 Å². The third-order valence-corrected chi connectivity index (χ3v) is 5.81. The van der Waals surface area contributed by atoms with Crippen LogP contribution in [0.5, 0.6) is 0 Å². The minimum Gasteiger partial charge on any atom is -0.347 e. The van der Waals surface area contributed by atoms with Crippen molar-refractivity contribution in [1.29, 1.82) is 0 Å². The Hall–Kier alpha value is -2.14. The predicted molar refractivity (Wildman–Crippen MR) is 95.8 cm³/mol. The molecule has 0 atom stereocenters. The summed E-state index contributed by atoms with van der Waals surface area (Å²) in [6.45, 7) is 0.897. The van der Waals surface area contributed by atoms with Crippen molar-refractivity contribution in [2.45, 2.75) is 37.6 Å². The van der Waals surface area contributed by atoms with Gasteiger partial charge >= 0.3 is 11.8 Å². The number of rotatable bonds is 5. The zero-order chi connectivity index (χ0) is 16.8. The van der Waals surface area contributed by atoms with E-state index in [1.54, 1.807) is 11.3 Å². The second kappa shape index (κ2) is 7.62. The molecule has 1 fully saturated rings. The van der Waals surface area contributed by atoms with E-state index in [2.05, 4.69) is 28.1 Å². The lowest BCUT2D eigenvalue weighted by Gasteiger charge is -2.28. The minimum atomic E-state index is -0.571. The molecule has 0 unspecified atom stereocenters. The number of carbonyl (C=O) groups excluding carboxylic acids is 2. The molecule has 1 aliphatic carbocycles. The summed E-state index contributed by atoms with van der Waals surface area (Å²) in [6.07, 6.45) is 4.49. The third kappa shape index (κ3) is 3.85. The molecule has 0 spiro atoms. The van der Waals surface area contributed by atoms with Crippen LogP contribution in [-0.4, -0.2) is 18.4 Å². The van der Waals surface area contributed by atoms with E-state index < -0.39 is 11.8 Å². The second-order valence-electron chi connectivity index (χ2n) is 6.32. The molecule has 1 saturated carbocycles. The molecule has 4 nitrogen and oxygen atoms in total. The van der Waals surface area contributed by atoms with Crippen LogP contribution in [0.15, 0.2) is 47.8 Å². The van der Waals surface area contributed by atoms with E-state index in [1.165, 1.54) is 17.7 Å². The van der Waals surface area contributed by atoms with Crippen molar-refractivity contribution in [1.82, 2.24) is 10.6 Å². The number of nitrogens with one attached hydrogen (secondary N) is 2. The van der Waals surface area contributed by atoms with Gasteiger partial charge in [0.2, 0.25) is 0 Å². The first-order valence-electron chi connectivity index (χ1n) is 8.34.